The summed E-state index contributed by atoms with van der Waals surface area (Å²) < 4.78 is 75.9. The van der Waals surface area contributed by atoms with E-state index >= 15 is 0 Å². The maximum absolute atomic E-state index is 13.4. The van der Waals surface area contributed by atoms with Gasteiger partial charge in [-0.3, -0.25) is 28.8 Å². The summed E-state index contributed by atoms with van der Waals surface area (Å²) in [7, 11) is 0. The minimum atomic E-state index is -4.51. The highest BCUT2D eigenvalue weighted by molar-refractivity contribution is 6.07. The molecule has 5 aromatic carbocycles. The normalized spacial score (nSPS) is 19.8. The van der Waals surface area contributed by atoms with Crippen LogP contribution >= 0.6 is 0 Å². The van der Waals surface area contributed by atoms with Crippen LogP contribution in [0.1, 0.15) is 116 Å². The number of carboxylic acid groups (broad SMARTS) is 2. The molecule has 3 aliphatic heterocycles. The van der Waals surface area contributed by atoms with Crippen LogP contribution in [0.3, 0.4) is 0 Å². The van der Waals surface area contributed by atoms with E-state index in [1.54, 1.807) is 28.5 Å². The summed E-state index contributed by atoms with van der Waals surface area (Å²) in [5, 5.41) is 21.8. The van der Waals surface area contributed by atoms with Crippen molar-refractivity contribution in [3.8, 4) is 0 Å². The van der Waals surface area contributed by atoms with Gasteiger partial charge in [0.05, 0.1) is 27.4 Å². The monoisotopic (exact) mass is 1160 g/mol. The van der Waals surface area contributed by atoms with Gasteiger partial charge in [-0.2, -0.15) is 26.3 Å². The molecule has 5 N–H and O–H groups in total. The van der Waals surface area contributed by atoms with E-state index in [2.05, 4.69) is 5.32 Å². The predicted molar refractivity (Wildman–Crippen MR) is 311 cm³/mol. The third-order valence-corrected chi connectivity index (χ3v) is 16.5. The first-order valence-electron chi connectivity index (χ1n) is 27.3. The number of anilines is 5. The molecule has 13 nitrogen and oxygen atoms in total. The molecule has 3 heterocycles. The molecule has 3 saturated heterocycles. The number of hydrogen-bond acceptors (Lipinski definition) is 7. The van der Waals surface area contributed by atoms with Crippen LogP contribution in [0.25, 0.3) is 0 Å². The van der Waals surface area contributed by atoms with Gasteiger partial charge in [0.1, 0.15) is 0 Å². The molecular weight excluding hydrogens is 1080 g/mol. The molecule has 448 valence electrons. The van der Waals surface area contributed by atoms with Crippen LogP contribution in [0.4, 0.5) is 54.8 Å². The number of rotatable bonds is 10. The van der Waals surface area contributed by atoms with Crippen molar-refractivity contribution in [1.82, 2.24) is 0 Å². The van der Waals surface area contributed by atoms with Gasteiger partial charge in [-0.25, -0.2) is 0 Å². The zero-order valence-corrected chi connectivity index (χ0v) is 49.7. The molecule has 4 amide bonds. The first-order valence-corrected chi connectivity index (χ1v) is 27.3. The Kier molecular flexibility index (Phi) is 20.3. The molecule has 0 bridgehead atoms. The van der Waals surface area contributed by atoms with E-state index in [-0.39, 0.29) is 85.7 Å². The van der Waals surface area contributed by atoms with Crippen molar-refractivity contribution >= 4 is 64.0 Å². The maximum atomic E-state index is 13.4. The Morgan fingerprint density at radius 2 is 0.771 bits per heavy atom. The molecule has 3 aliphatic rings. The number of nitrogens with one attached hydrogen (secondary N) is 1. The second-order valence-corrected chi connectivity index (χ2v) is 23.4. The van der Waals surface area contributed by atoms with Gasteiger partial charge in [0.25, 0.3) is 0 Å². The molecule has 8 rings (SSSR count). The van der Waals surface area contributed by atoms with E-state index in [0.717, 1.165) is 74.7 Å². The van der Waals surface area contributed by atoms with Crippen molar-refractivity contribution in [2.75, 3.05) is 45.4 Å². The van der Waals surface area contributed by atoms with E-state index in [4.69, 9.17) is 5.73 Å². The molecule has 0 spiro atoms. The SMILES string of the molecule is Cc1cc(N)cc(C(F)(F)F)c1.Cc1cc(NC(=O)[C@@]2(C(C)C)CC(=O)N(c3c(C)cccc3C)C2)cc(C(F)(F)F)c1.Cc1cccc(C)c1N1CC(C(=O)O)(C(C)C)CC1=O.Cc1cccc(C)c1N1C[C@](C(=O)O)(C(C)C)CC1=O. The molecule has 1 unspecified atom stereocenters. The zero-order chi connectivity index (χ0) is 62.6. The van der Waals surface area contributed by atoms with Gasteiger partial charge in [0.2, 0.25) is 23.6 Å². The summed E-state index contributed by atoms with van der Waals surface area (Å²) in [6.07, 6.45) is -8.66. The van der Waals surface area contributed by atoms with Crippen LogP contribution in [-0.4, -0.2) is 65.4 Å². The van der Waals surface area contributed by atoms with Crippen molar-refractivity contribution in [3.63, 3.8) is 0 Å². The number of carbonyl (C=O) groups excluding carboxylic acids is 4. The molecule has 3 atom stereocenters. The molecule has 19 heteroatoms. The van der Waals surface area contributed by atoms with Gasteiger partial charge in [-0.15, -0.1) is 0 Å². The summed E-state index contributed by atoms with van der Waals surface area (Å²) in [4.78, 5) is 79.4. The Labute approximate surface area is 482 Å². The number of carboxylic acids is 2. The van der Waals surface area contributed by atoms with Crippen LogP contribution in [-0.2, 0) is 41.1 Å². The largest absolute Gasteiger partial charge is 0.481 e. The van der Waals surface area contributed by atoms with Crippen LogP contribution in [0.5, 0.6) is 0 Å². The second-order valence-electron chi connectivity index (χ2n) is 23.4. The third-order valence-electron chi connectivity index (χ3n) is 16.5. The van der Waals surface area contributed by atoms with Crippen molar-refractivity contribution < 1.29 is 65.3 Å². The minimum Gasteiger partial charge on any atom is -0.481 e. The van der Waals surface area contributed by atoms with Gasteiger partial charge in [0, 0.05) is 67.3 Å². The highest BCUT2D eigenvalue weighted by atomic mass is 19.4. The van der Waals surface area contributed by atoms with Gasteiger partial charge >= 0.3 is 24.3 Å². The number of amides is 4. The number of nitrogen functional groups attached to an aromatic ring is 1. The van der Waals surface area contributed by atoms with Crippen LogP contribution < -0.4 is 25.8 Å². The quantitative estimate of drug-likeness (QED) is 0.0778. The Hall–Kier alpha value is -7.70. The van der Waals surface area contributed by atoms with Crippen LogP contribution in [0.2, 0.25) is 0 Å². The highest BCUT2D eigenvalue weighted by Gasteiger charge is 2.54. The summed E-state index contributed by atoms with van der Waals surface area (Å²) in [5.74, 6) is -2.93. The fourth-order valence-electron chi connectivity index (χ4n) is 11.3. The summed E-state index contributed by atoms with van der Waals surface area (Å²) >= 11 is 0. The molecule has 83 heavy (non-hydrogen) atoms. The highest BCUT2D eigenvalue weighted by Crippen LogP contribution is 2.46. The number of aliphatic carboxylic acids is 2. The van der Waals surface area contributed by atoms with Crippen LogP contribution in [0.15, 0.2) is 91.0 Å². The van der Waals surface area contributed by atoms with Crippen LogP contribution in [0, 0.1) is 89.4 Å². The standard InChI is InChI=1S/C24H27F3N2O2.2C16H21NO3.C8H8F3N/c1-14(2)23(12-20(30)29(13-23)21-16(4)7-6-8-17(21)5)22(31)28-19-10-15(3)9-18(11-19)24(25,26)27;2*1-10(2)16(15(19)20)8-13(18)17(9-16)14-11(3)6-5-7-12(14)4;1-5-2-6(8(9,10)11)4-7(12)3-5/h6-11,14H,12-13H2,1-5H3,(H,28,31);2*5-7,10H,8-9H2,1-4H3,(H,19,20);2-4H,12H2,1H3/t23-;16-;;/m00../s1. The first-order chi connectivity index (χ1) is 38.3. The Morgan fingerprint density at radius 1 is 0.482 bits per heavy atom. The fourth-order valence-corrected chi connectivity index (χ4v) is 11.3. The predicted octanol–water partition coefficient (Wildman–Crippen LogP) is 13.8. The van der Waals surface area contributed by atoms with Gasteiger partial charge in [-0.05, 0) is 154 Å². The molecule has 0 saturated carbocycles. The first kappa shape index (κ1) is 66.1. The number of nitrogens with two attached hydrogens (primary N) is 1. The molecule has 0 aliphatic carbocycles. The number of para-hydroxylation sites is 3. The zero-order valence-electron chi connectivity index (χ0n) is 49.7. The topological polar surface area (TPSA) is 191 Å². The van der Waals surface area contributed by atoms with E-state index in [1.165, 1.54) is 12.1 Å². The Balaban J connectivity index is 0.000000213. The number of benzene rings is 5. The molecule has 5 aromatic rings. The van der Waals surface area contributed by atoms with E-state index in [1.807, 2.05) is 138 Å². The number of aryl methyl sites for hydroxylation is 8. The number of hydrogen-bond donors (Lipinski definition) is 4. The number of nitrogens with zero attached hydrogens (tertiary/aromatic N) is 3. The average Bonchev–Trinajstić information content (AvgIpc) is 4.03. The second kappa shape index (κ2) is 25.4. The van der Waals surface area contributed by atoms with Crippen molar-refractivity contribution in [2.45, 2.75) is 129 Å². The number of halogens is 6. The lowest BCUT2D eigenvalue weighted by atomic mass is 9.75. The van der Waals surface area contributed by atoms with Gasteiger partial charge < -0.3 is 36.0 Å². The van der Waals surface area contributed by atoms with Gasteiger partial charge in [-0.1, -0.05) is 96.1 Å². The van der Waals surface area contributed by atoms with Crippen molar-refractivity contribution in [1.29, 1.82) is 0 Å². The smallest absolute Gasteiger partial charge is 0.416 e. The lowest BCUT2D eigenvalue weighted by Crippen LogP contribution is -2.43. The number of alkyl halides is 6. The minimum absolute atomic E-state index is 0.00220. The van der Waals surface area contributed by atoms with E-state index in [0.29, 0.717) is 11.1 Å². The average molecular weight is 1160 g/mol. The lowest BCUT2D eigenvalue weighted by molar-refractivity contribution is -0.151. The van der Waals surface area contributed by atoms with E-state index < -0.39 is 57.6 Å². The maximum Gasteiger partial charge on any atom is 0.416 e. The van der Waals surface area contributed by atoms with Crippen molar-refractivity contribution in [3.05, 3.63) is 147 Å². The molecular formula is C64H77F6N5O8. The summed E-state index contributed by atoms with van der Waals surface area (Å²) in [6.45, 7) is 26.6. The summed E-state index contributed by atoms with van der Waals surface area (Å²) in [5.41, 5.74) is 10.3. The van der Waals surface area contributed by atoms with Crippen molar-refractivity contribution in [2.24, 2.45) is 34.0 Å². The van der Waals surface area contributed by atoms with Gasteiger partial charge in [0.15, 0.2) is 0 Å². The fraction of sp³-hybridized carbons (Fsp3) is 0.438. The van der Waals surface area contributed by atoms with E-state index in [9.17, 15) is 65.3 Å². The molecule has 0 radical (unpaired) electrons. The summed E-state index contributed by atoms with van der Waals surface area (Å²) in [6, 6.07) is 24.4. The lowest BCUT2D eigenvalue weighted by Gasteiger charge is -2.32. The molecule has 0 aromatic heterocycles. The third kappa shape index (κ3) is 14.4. The molecule has 3 fully saturated rings. The Morgan fingerprint density at radius 3 is 1.05 bits per heavy atom. The number of carbonyl (C=O) groups is 6. The Bertz CT molecular complexity index is 3100.